The number of nitrogens with zero attached hydrogens (tertiary/aromatic N) is 2. The van der Waals surface area contributed by atoms with Crippen molar-refractivity contribution in [2.75, 3.05) is 25.1 Å². The predicted molar refractivity (Wildman–Crippen MR) is 160 cm³/mol. The van der Waals surface area contributed by atoms with Crippen LogP contribution in [0.3, 0.4) is 0 Å². The summed E-state index contributed by atoms with van der Waals surface area (Å²) >= 11 is 12.5. The molecule has 0 saturated carbocycles. The lowest BCUT2D eigenvalue weighted by Gasteiger charge is -2.32. The third-order valence-electron chi connectivity index (χ3n) is 6.23. The van der Waals surface area contributed by atoms with Crippen LogP contribution in [0.2, 0.25) is 10.0 Å². The van der Waals surface area contributed by atoms with Crippen LogP contribution in [0.25, 0.3) is 0 Å². The topological polar surface area (TPSA) is 105 Å². The van der Waals surface area contributed by atoms with Gasteiger partial charge in [-0.25, -0.2) is 8.42 Å². The number of carbonyl (C=O) groups excluding carboxylic acids is 2. The number of sulfonamides is 1. The number of rotatable bonds is 12. The van der Waals surface area contributed by atoms with Crippen LogP contribution in [-0.2, 0) is 26.2 Å². The summed E-state index contributed by atoms with van der Waals surface area (Å²) in [4.78, 5) is 28.3. The summed E-state index contributed by atoms with van der Waals surface area (Å²) in [6.45, 7) is 4.49. The van der Waals surface area contributed by atoms with Crippen LogP contribution in [0.1, 0.15) is 26.3 Å². The minimum atomic E-state index is -4.29. The fourth-order valence-corrected chi connectivity index (χ4v) is 5.94. The molecule has 0 bridgehead atoms. The van der Waals surface area contributed by atoms with E-state index >= 15 is 0 Å². The van der Waals surface area contributed by atoms with E-state index in [0.717, 1.165) is 4.31 Å². The number of methoxy groups -OCH3 is 2. The van der Waals surface area contributed by atoms with Crippen molar-refractivity contribution in [3.05, 3.63) is 82.3 Å². The van der Waals surface area contributed by atoms with Crippen LogP contribution in [0.4, 0.5) is 5.69 Å². The summed E-state index contributed by atoms with van der Waals surface area (Å²) < 4.78 is 39.6. The van der Waals surface area contributed by atoms with Crippen molar-refractivity contribution in [2.45, 2.75) is 44.3 Å². The van der Waals surface area contributed by atoms with Crippen LogP contribution in [0, 0.1) is 0 Å². The Morgan fingerprint density at radius 1 is 0.927 bits per heavy atom. The van der Waals surface area contributed by atoms with Crippen LogP contribution in [0.5, 0.6) is 11.5 Å². The van der Waals surface area contributed by atoms with E-state index in [2.05, 4.69) is 5.32 Å². The predicted octanol–water partition coefficient (Wildman–Crippen LogP) is 5.15. The average molecular weight is 623 g/mol. The summed E-state index contributed by atoms with van der Waals surface area (Å²) in [6, 6.07) is 16.0. The molecule has 0 aromatic heterocycles. The first-order valence-electron chi connectivity index (χ1n) is 12.7. The van der Waals surface area contributed by atoms with E-state index in [1.165, 1.54) is 49.5 Å². The molecule has 0 heterocycles. The number of hydrogen-bond acceptors (Lipinski definition) is 6. The fourth-order valence-electron chi connectivity index (χ4n) is 4.05. The molecule has 1 N–H and O–H groups in total. The minimum Gasteiger partial charge on any atom is -0.497 e. The first-order valence-corrected chi connectivity index (χ1v) is 14.9. The highest BCUT2D eigenvalue weighted by Crippen LogP contribution is 2.33. The van der Waals surface area contributed by atoms with Gasteiger partial charge in [-0.3, -0.25) is 13.9 Å². The molecule has 0 saturated heterocycles. The van der Waals surface area contributed by atoms with E-state index in [9.17, 15) is 18.0 Å². The van der Waals surface area contributed by atoms with Crippen molar-refractivity contribution in [3.8, 4) is 11.5 Å². The summed E-state index contributed by atoms with van der Waals surface area (Å²) in [5.74, 6) is -0.319. The van der Waals surface area contributed by atoms with Crippen molar-refractivity contribution in [1.82, 2.24) is 10.2 Å². The van der Waals surface area contributed by atoms with Gasteiger partial charge in [0.15, 0.2) is 0 Å². The number of ether oxygens (including phenoxy) is 2. The molecule has 0 aliphatic carbocycles. The molecule has 9 nitrogen and oxygen atoms in total. The Kier molecular flexibility index (Phi) is 10.9. The Hall–Kier alpha value is -3.47. The lowest BCUT2D eigenvalue weighted by molar-refractivity contribution is -0.139. The lowest BCUT2D eigenvalue weighted by atomic mass is 10.1. The van der Waals surface area contributed by atoms with E-state index in [4.69, 9.17) is 32.7 Å². The van der Waals surface area contributed by atoms with E-state index in [0.29, 0.717) is 21.4 Å². The van der Waals surface area contributed by atoms with Crippen molar-refractivity contribution in [1.29, 1.82) is 0 Å². The van der Waals surface area contributed by atoms with Gasteiger partial charge < -0.3 is 19.7 Å². The highest BCUT2D eigenvalue weighted by Gasteiger charge is 2.34. The van der Waals surface area contributed by atoms with Crippen LogP contribution < -0.4 is 19.1 Å². The molecule has 0 fully saturated rings. The maximum absolute atomic E-state index is 14.0. The van der Waals surface area contributed by atoms with Gasteiger partial charge in [0.1, 0.15) is 24.1 Å². The quantitative estimate of drug-likeness (QED) is 0.300. The Morgan fingerprint density at radius 3 is 2.17 bits per heavy atom. The zero-order valence-corrected chi connectivity index (χ0v) is 25.8. The molecule has 0 spiro atoms. The molecule has 12 heteroatoms. The SMILES string of the molecule is COc1ccc(S(=O)(=O)N(CC(=O)N(Cc2ccc(Cl)cc2Cl)C(C)C(=O)NC(C)C)c2ccccc2OC)cc1. The Bertz CT molecular complexity index is 1480. The van der Waals surface area contributed by atoms with Gasteiger partial charge in [-0.15, -0.1) is 0 Å². The number of halogens is 2. The molecule has 0 radical (unpaired) electrons. The van der Waals surface area contributed by atoms with Gasteiger partial charge in [0.25, 0.3) is 10.0 Å². The molecule has 3 rings (SSSR count). The van der Waals surface area contributed by atoms with Gasteiger partial charge in [0.2, 0.25) is 11.8 Å². The standard InChI is InChI=1S/C29H33Cl2N3O6S/c1-19(2)32-29(36)20(3)33(17-21-10-11-22(30)16-25(21)31)28(35)18-34(26-8-6-7-9-27(26)40-5)41(37,38)24-14-12-23(39-4)13-15-24/h6-16,19-20H,17-18H2,1-5H3,(H,32,36). The van der Waals surface area contributed by atoms with Crippen LogP contribution in [0.15, 0.2) is 71.6 Å². The second kappa shape index (κ2) is 13.9. The minimum absolute atomic E-state index is 0.0603. The molecular weight excluding hydrogens is 589 g/mol. The first kappa shape index (κ1) is 32.0. The van der Waals surface area contributed by atoms with Gasteiger partial charge in [-0.2, -0.15) is 0 Å². The van der Waals surface area contributed by atoms with Gasteiger partial charge >= 0.3 is 0 Å². The molecule has 220 valence electrons. The Labute approximate surface area is 251 Å². The molecule has 3 aromatic carbocycles. The lowest BCUT2D eigenvalue weighted by Crippen LogP contribution is -2.52. The first-order chi connectivity index (χ1) is 19.4. The van der Waals surface area contributed by atoms with Gasteiger partial charge in [-0.1, -0.05) is 41.4 Å². The normalized spacial score (nSPS) is 12.0. The smallest absolute Gasteiger partial charge is 0.264 e. The Balaban J connectivity index is 2.09. The second-order valence-electron chi connectivity index (χ2n) is 9.46. The zero-order valence-electron chi connectivity index (χ0n) is 23.4. The zero-order chi connectivity index (χ0) is 30.3. The van der Waals surface area contributed by atoms with Crippen molar-refractivity contribution in [3.63, 3.8) is 0 Å². The third-order valence-corrected chi connectivity index (χ3v) is 8.60. The number of nitrogens with one attached hydrogen (secondary N) is 1. The molecule has 1 atom stereocenters. The van der Waals surface area contributed by atoms with Gasteiger partial charge in [0, 0.05) is 22.6 Å². The summed E-state index contributed by atoms with van der Waals surface area (Å²) in [7, 11) is -1.40. The number of para-hydroxylation sites is 2. The molecule has 41 heavy (non-hydrogen) atoms. The van der Waals surface area contributed by atoms with E-state index < -0.39 is 34.4 Å². The largest absolute Gasteiger partial charge is 0.497 e. The van der Waals surface area contributed by atoms with E-state index in [1.54, 1.807) is 57.2 Å². The van der Waals surface area contributed by atoms with Gasteiger partial charge in [0.05, 0.1) is 24.8 Å². The maximum Gasteiger partial charge on any atom is 0.264 e. The van der Waals surface area contributed by atoms with Crippen LogP contribution in [-0.4, -0.2) is 58.0 Å². The summed E-state index contributed by atoms with van der Waals surface area (Å²) in [5, 5.41) is 3.52. The highest BCUT2D eigenvalue weighted by molar-refractivity contribution is 7.92. The number of anilines is 1. The van der Waals surface area contributed by atoms with Crippen molar-refractivity contribution >= 4 is 50.7 Å². The molecule has 0 aliphatic rings. The molecule has 1 unspecified atom stereocenters. The maximum atomic E-state index is 14.0. The molecule has 3 aromatic rings. The van der Waals surface area contributed by atoms with E-state index in [1.807, 2.05) is 0 Å². The number of hydrogen-bond donors (Lipinski definition) is 1. The highest BCUT2D eigenvalue weighted by atomic mass is 35.5. The number of carbonyl (C=O) groups is 2. The molecule has 0 aliphatic heterocycles. The molecule has 2 amide bonds. The van der Waals surface area contributed by atoms with Crippen molar-refractivity contribution < 1.29 is 27.5 Å². The number of benzene rings is 3. The fraction of sp³-hybridized carbons (Fsp3) is 0.310. The third kappa shape index (κ3) is 7.84. The molecular formula is C29H33Cl2N3O6S. The van der Waals surface area contributed by atoms with Crippen molar-refractivity contribution in [2.24, 2.45) is 0 Å². The van der Waals surface area contributed by atoms with Crippen LogP contribution >= 0.6 is 23.2 Å². The average Bonchev–Trinajstić information content (AvgIpc) is 2.94. The number of amides is 2. The summed E-state index contributed by atoms with van der Waals surface area (Å²) in [6.07, 6.45) is 0. The summed E-state index contributed by atoms with van der Waals surface area (Å²) in [5.41, 5.74) is 0.693. The van der Waals surface area contributed by atoms with E-state index in [-0.39, 0.29) is 28.9 Å². The Morgan fingerprint density at radius 2 is 1.59 bits per heavy atom. The monoisotopic (exact) mass is 621 g/mol. The van der Waals surface area contributed by atoms with Gasteiger partial charge in [-0.05, 0) is 74.9 Å². The second-order valence-corrected chi connectivity index (χ2v) is 12.2.